The lowest BCUT2D eigenvalue weighted by Crippen LogP contribution is -2.03. The van der Waals surface area contributed by atoms with Crippen LogP contribution in [0.2, 0.25) is 5.15 Å². The molecule has 8 heteroatoms. The smallest absolute Gasteiger partial charge is 0.164 e. The molecule has 0 bridgehead atoms. The van der Waals surface area contributed by atoms with Crippen LogP contribution in [-0.4, -0.2) is 26.3 Å². The van der Waals surface area contributed by atoms with Crippen LogP contribution in [0.1, 0.15) is 6.42 Å². The van der Waals surface area contributed by atoms with Crippen LogP contribution in [0, 0.1) is 17.1 Å². The van der Waals surface area contributed by atoms with Crippen LogP contribution in [0.5, 0.6) is 0 Å². The molecular weight excluding hydrogens is 343 g/mol. The molecular formula is C17H14ClFN6. The maximum atomic E-state index is 13.8. The first-order valence-electron chi connectivity index (χ1n) is 7.51. The highest BCUT2D eigenvalue weighted by atomic mass is 35.5. The molecule has 2 aromatic heterocycles. The van der Waals surface area contributed by atoms with Crippen molar-refractivity contribution in [3.05, 3.63) is 47.6 Å². The summed E-state index contributed by atoms with van der Waals surface area (Å²) in [7, 11) is 1.79. The van der Waals surface area contributed by atoms with E-state index in [1.165, 1.54) is 12.1 Å². The number of pyridine rings is 1. The average Bonchev–Trinajstić information content (AvgIpc) is 3.00. The van der Waals surface area contributed by atoms with Crippen LogP contribution in [0.4, 0.5) is 10.2 Å². The Morgan fingerprint density at radius 2 is 2.12 bits per heavy atom. The summed E-state index contributed by atoms with van der Waals surface area (Å²) in [6, 6.07) is 10.0. The van der Waals surface area contributed by atoms with Gasteiger partial charge in [-0.25, -0.2) is 9.37 Å². The van der Waals surface area contributed by atoms with Crippen molar-refractivity contribution in [2.45, 2.75) is 6.42 Å². The third-order valence-corrected chi connectivity index (χ3v) is 3.78. The molecule has 25 heavy (non-hydrogen) atoms. The second-order valence-electron chi connectivity index (χ2n) is 5.35. The molecule has 0 radical (unpaired) electrons. The summed E-state index contributed by atoms with van der Waals surface area (Å²) in [5, 5.41) is 19.9. The third-order valence-electron chi connectivity index (χ3n) is 3.58. The molecule has 0 saturated heterocycles. The zero-order valence-electron chi connectivity index (χ0n) is 13.4. The van der Waals surface area contributed by atoms with Crippen molar-refractivity contribution in [2.75, 3.05) is 11.9 Å². The van der Waals surface area contributed by atoms with E-state index in [-0.39, 0.29) is 5.82 Å². The van der Waals surface area contributed by atoms with Gasteiger partial charge >= 0.3 is 0 Å². The number of anilines is 1. The minimum Gasteiger partial charge on any atom is -0.369 e. The van der Waals surface area contributed by atoms with Crippen molar-refractivity contribution in [1.29, 1.82) is 5.26 Å². The molecule has 126 valence electrons. The molecule has 0 unspecified atom stereocenters. The summed E-state index contributed by atoms with van der Waals surface area (Å²) in [5.41, 5.74) is 2.12. The van der Waals surface area contributed by atoms with E-state index in [2.05, 4.69) is 26.6 Å². The molecule has 0 aliphatic heterocycles. The molecule has 3 aromatic rings. The van der Waals surface area contributed by atoms with Gasteiger partial charge in [0.15, 0.2) is 5.82 Å². The van der Waals surface area contributed by atoms with Crippen molar-refractivity contribution < 1.29 is 4.39 Å². The number of aromatic nitrogens is 4. The van der Waals surface area contributed by atoms with Crippen LogP contribution >= 0.6 is 11.6 Å². The van der Waals surface area contributed by atoms with E-state index in [9.17, 15) is 4.39 Å². The average molecular weight is 357 g/mol. The summed E-state index contributed by atoms with van der Waals surface area (Å²) in [4.78, 5) is 4.20. The SMILES string of the molecule is Cn1cnnc1-c1cc(F)ccc1-c1cc(Cl)nc(NCCC#N)c1. The molecule has 0 aliphatic carbocycles. The monoisotopic (exact) mass is 356 g/mol. The lowest BCUT2D eigenvalue weighted by atomic mass is 9.99. The number of nitriles is 1. The molecule has 6 nitrogen and oxygen atoms in total. The predicted octanol–water partition coefficient (Wildman–Crippen LogP) is 3.66. The lowest BCUT2D eigenvalue weighted by molar-refractivity contribution is 0.628. The summed E-state index contributed by atoms with van der Waals surface area (Å²) in [6.07, 6.45) is 1.91. The number of benzene rings is 1. The first-order chi connectivity index (χ1) is 12.1. The maximum absolute atomic E-state index is 13.8. The van der Waals surface area contributed by atoms with Crippen LogP contribution in [0.15, 0.2) is 36.7 Å². The van der Waals surface area contributed by atoms with Gasteiger partial charge in [0, 0.05) is 19.2 Å². The Morgan fingerprint density at radius 3 is 2.84 bits per heavy atom. The maximum Gasteiger partial charge on any atom is 0.164 e. The fourth-order valence-corrected chi connectivity index (χ4v) is 2.68. The number of hydrogen-bond acceptors (Lipinski definition) is 5. The number of hydrogen-bond donors (Lipinski definition) is 1. The van der Waals surface area contributed by atoms with Gasteiger partial charge in [-0.3, -0.25) is 0 Å². The number of aryl methyl sites for hydroxylation is 1. The standard InChI is InChI=1S/C17H14ClFN6/c1-25-10-22-24-17(25)14-9-12(19)3-4-13(14)11-7-15(18)23-16(8-11)21-6-2-5-20/h3-4,7-10H,2,6H2,1H3,(H,21,23). The highest BCUT2D eigenvalue weighted by molar-refractivity contribution is 6.29. The first-order valence-corrected chi connectivity index (χ1v) is 7.89. The quantitative estimate of drug-likeness (QED) is 0.557. The Balaban J connectivity index is 2.08. The fourth-order valence-electron chi connectivity index (χ4n) is 2.47. The molecule has 0 fully saturated rings. The summed E-state index contributed by atoms with van der Waals surface area (Å²) < 4.78 is 15.5. The Bertz CT molecular complexity index is 947. The van der Waals surface area contributed by atoms with Gasteiger partial charge in [0.2, 0.25) is 0 Å². The number of nitrogens with one attached hydrogen (secondary N) is 1. The Hall–Kier alpha value is -2.98. The number of rotatable bonds is 5. The Kier molecular flexibility index (Phi) is 4.91. The first kappa shape index (κ1) is 16.9. The van der Waals surface area contributed by atoms with Gasteiger partial charge in [0.1, 0.15) is 23.1 Å². The van der Waals surface area contributed by atoms with Gasteiger partial charge in [0.05, 0.1) is 12.5 Å². The van der Waals surface area contributed by atoms with E-state index >= 15 is 0 Å². The van der Waals surface area contributed by atoms with Crippen molar-refractivity contribution in [3.63, 3.8) is 0 Å². The predicted molar refractivity (Wildman–Crippen MR) is 93.4 cm³/mol. The summed E-state index contributed by atoms with van der Waals surface area (Å²) in [5.74, 6) is 0.724. The van der Waals surface area contributed by atoms with Crippen LogP contribution in [0.25, 0.3) is 22.5 Å². The van der Waals surface area contributed by atoms with Gasteiger partial charge in [-0.1, -0.05) is 17.7 Å². The Labute approximate surface area is 148 Å². The summed E-state index contributed by atoms with van der Waals surface area (Å²) in [6.45, 7) is 0.461. The highest BCUT2D eigenvalue weighted by Crippen LogP contribution is 2.33. The Morgan fingerprint density at radius 1 is 1.28 bits per heavy atom. The van der Waals surface area contributed by atoms with E-state index in [0.29, 0.717) is 35.3 Å². The van der Waals surface area contributed by atoms with E-state index < -0.39 is 0 Å². The van der Waals surface area contributed by atoms with Gasteiger partial charge < -0.3 is 9.88 Å². The second kappa shape index (κ2) is 7.28. The normalized spacial score (nSPS) is 10.5. The van der Waals surface area contributed by atoms with Crippen molar-refractivity contribution >= 4 is 17.4 Å². The molecule has 1 N–H and O–H groups in total. The molecule has 3 rings (SSSR count). The molecule has 2 heterocycles. The van der Waals surface area contributed by atoms with E-state index in [1.807, 2.05) is 0 Å². The number of nitrogens with zero attached hydrogens (tertiary/aromatic N) is 5. The zero-order chi connectivity index (χ0) is 17.8. The van der Waals surface area contributed by atoms with Crippen LogP contribution < -0.4 is 5.32 Å². The van der Waals surface area contributed by atoms with Crippen LogP contribution in [-0.2, 0) is 7.05 Å². The van der Waals surface area contributed by atoms with Crippen molar-refractivity contribution in [2.24, 2.45) is 7.05 Å². The van der Waals surface area contributed by atoms with Crippen molar-refractivity contribution in [3.8, 4) is 28.6 Å². The highest BCUT2D eigenvalue weighted by Gasteiger charge is 2.14. The van der Waals surface area contributed by atoms with E-state index in [0.717, 1.165) is 11.1 Å². The van der Waals surface area contributed by atoms with Crippen LogP contribution in [0.3, 0.4) is 0 Å². The lowest BCUT2D eigenvalue weighted by Gasteiger charge is -2.12. The minimum absolute atomic E-state index is 0.296. The molecule has 1 aromatic carbocycles. The van der Waals surface area contributed by atoms with E-state index in [4.69, 9.17) is 16.9 Å². The zero-order valence-corrected chi connectivity index (χ0v) is 14.1. The van der Waals surface area contributed by atoms with Gasteiger partial charge in [-0.15, -0.1) is 10.2 Å². The van der Waals surface area contributed by atoms with Gasteiger partial charge in [-0.05, 0) is 35.4 Å². The van der Waals surface area contributed by atoms with Gasteiger partial charge in [0.25, 0.3) is 0 Å². The largest absolute Gasteiger partial charge is 0.369 e. The molecule has 0 spiro atoms. The molecule has 0 saturated carbocycles. The minimum atomic E-state index is -0.366. The topological polar surface area (TPSA) is 79.4 Å². The number of halogens is 2. The van der Waals surface area contributed by atoms with E-state index in [1.54, 1.807) is 36.1 Å². The third kappa shape index (κ3) is 3.75. The second-order valence-corrected chi connectivity index (χ2v) is 5.74. The fraction of sp³-hybridized carbons (Fsp3) is 0.176. The summed E-state index contributed by atoms with van der Waals surface area (Å²) >= 11 is 6.13. The molecule has 0 amide bonds. The van der Waals surface area contributed by atoms with Crippen molar-refractivity contribution in [1.82, 2.24) is 19.7 Å². The molecule has 0 atom stereocenters. The molecule has 0 aliphatic rings. The van der Waals surface area contributed by atoms with Gasteiger partial charge in [-0.2, -0.15) is 5.26 Å².